The van der Waals surface area contributed by atoms with Gasteiger partial charge in [-0.15, -0.1) is 0 Å². The van der Waals surface area contributed by atoms with Crippen molar-refractivity contribution < 1.29 is 22.5 Å². The largest absolute Gasteiger partial charge is 0.416 e. The Morgan fingerprint density at radius 2 is 1.73 bits per heavy atom. The molecule has 0 saturated carbocycles. The summed E-state index contributed by atoms with van der Waals surface area (Å²) in [4.78, 5) is 15.9. The average molecular weight is 361 g/mol. The minimum absolute atomic E-state index is 0.0481. The standard InChI is InChI=1S/C18H14F3N3O2/c19-18(20,21)14-8-6-13(7-9-14)15-23-17(26-24-15)16(25)22-11-10-12-4-2-1-3-5-12/h1-9H,10-11H2,(H,22,25). The molecule has 0 atom stereocenters. The molecule has 5 nitrogen and oxygen atoms in total. The molecule has 0 spiro atoms. The van der Waals surface area contributed by atoms with Crippen LogP contribution in [0.4, 0.5) is 13.2 Å². The molecular weight excluding hydrogens is 347 g/mol. The molecular formula is C18H14F3N3O2. The fourth-order valence-corrected chi connectivity index (χ4v) is 2.28. The van der Waals surface area contributed by atoms with Gasteiger partial charge in [-0.25, -0.2) is 0 Å². The maximum Gasteiger partial charge on any atom is 0.416 e. The predicted octanol–water partition coefficient (Wildman–Crippen LogP) is 3.73. The van der Waals surface area contributed by atoms with E-state index in [9.17, 15) is 18.0 Å². The average Bonchev–Trinajstić information content (AvgIpc) is 3.12. The Morgan fingerprint density at radius 1 is 1.04 bits per heavy atom. The maximum atomic E-state index is 12.6. The van der Waals surface area contributed by atoms with Crippen LogP contribution in [0.5, 0.6) is 0 Å². The first-order chi connectivity index (χ1) is 12.4. The van der Waals surface area contributed by atoms with Crippen LogP contribution in [0.2, 0.25) is 0 Å². The van der Waals surface area contributed by atoms with Crippen molar-refractivity contribution in [2.75, 3.05) is 6.54 Å². The van der Waals surface area contributed by atoms with Crippen LogP contribution in [-0.2, 0) is 12.6 Å². The van der Waals surface area contributed by atoms with Gasteiger partial charge >= 0.3 is 18.0 Å². The quantitative estimate of drug-likeness (QED) is 0.752. The fourth-order valence-electron chi connectivity index (χ4n) is 2.28. The summed E-state index contributed by atoms with van der Waals surface area (Å²) in [7, 11) is 0. The lowest BCUT2D eigenvalue weighted by molar-refractivity contribution is -0.137. The Morgan fingerprint density at radius 3 is 2.38 bits per heavy atom. The highest BCUT2D eigenvalue weighted by atomic mass is 19.4. The Bertz CT molecular complexity index is 875. The molecule has 8 heteroatoms. The molecule has 0 aliphatic heterocycles. The van der Waals surface area contributed by atoms with Gasteiger partial charge in [-0.3, -0.25) is 4.79 Å². The van der Waals surface area contributed by atoms with Gasteiger partial charge in [0.1, 0.15) is 0 Å². The third-order valence-electron chi connectivity index (χ3n) is 3.63. The van der Waals surface area contributed by atoms with E-state index in [2.05, 4.69) is 15.5 Å². The molecule has 0 radical (unpaired) electrons. The Kier molecular flexibility index (Phi) is 5.01. The Hall–Kier alpha value is -3.16. The van der Waals surface area contributed by atoms with Gasteiger partial charge in [0.15, 0.2) is 0 Å². The van der Waals surface area contributed by atoms with Gasteiger partial charge in [0.05, 0.1) is 5.56 Å². The minimum atomic E-state index is -4.42. The molecule has 134 valence electrons. The molecule has 0 bridgehead atoms. The van der Waals surface area contributed by atoms with E-state index in [-0.39, 0.29) is 11.7 Å². The van der Waals surface area contributed by atoms with Gasteiger partial charge in [-0.05, 0) is 24.1 Å². The van der Waals surface area contributed by atoms with E-state index >= 15 is 0 Å². The second-order valence-electron chi connectivity index (χ2n) is 5.49. The van der Waals surface area contributed by atoms with Gasteiger partial charge < -0.3 is 9.84 Å². The number of nitrogens with one attached hydrogen (secondary N) is 1. The number of carbonyl (C=O) groups excluding carboxylic acids is 1. The van der Waals surface area contributed by atoms with Crippen LogP contribution >= 0.6 is 0 Å². The number of hydrogen-bond acceptors (Lipinski definition) is 4. The van der Waals surface area contributed by atoms with E-state index in [0.29, 0.717) is 18.5 Å². The fraction of sp³-hybridized carbons (Fsp3) is 0.167. The van der Waals surface area contributed by atoms with E-state index in [1.807, 2.05) is 30.3 Å². The molecule has 1 N–H and O–H groups in total. The molecule has 0 saturated heterocycles. The smallest absolute Gasteiger partial charge is 0.347 e. The maximum absolute atomic E-state index is 12.6. The number of aromatic nitrogens is 2. The van der Waals surface area contributed by atoms with Crippen LogP contribution in [-0.4, -0.2) is 22.6 Å². The van der Waals surface area contributed by atoms with E-state index < -0.39 is 17.6 Å². The summed E-state index contributed by atoms with van der Waals surface area (Å²) in [6.07, 6.45) is -3.77. The second kappa shape index (κ2) is 7.38. The van der Waals surface area contributed by atoms with E-state index in [1.54, 1.807) is 0 Å². The van der Waals surface area contributed by atoms with Gasteiger partial charge in [0, 0.05) is 12.1 Å². The zero-order valence-electron chi connectivity index (χ0n) is 13.5. The normalized spacial score (nSPS) is 11.3. The third kappa shape index (κ3) is 4.27. The van der Waals surface area contributed by atoms with Crippen molar-refractivity contribution in [1.82, 2.24) is 15.5 Å². The first-order valence-electron chi connectivity index (χ1n) is 7.77. The summed E-state index contributed by atoms with van der Waals surface area (Å²) in [6.45, 7) is 0.390. The van der Waals surface area contributed by atoms with Crippen LogP contribution in [0, 0.1) is 0 Å². The lowest BCUT2D eigenvalue weighted by Gasteiger charge is -2.05. The number of amides is 1. The topological polar surface area (TPSA) is 68.0 Å². The van der Waals surface area contributed by atoms with Crippen molar-refractivity contribution in [1.29, 1.82) is 0 Å². The van der Waals surface area contributed by atoms with E-state index in [1.165, 1.54) is 12.1 Å². The summed E-state index contributed by atoms with van der Waals surface area (Å²) in [5, 5.41) is 6.29. The molecule has 26 heavy (non-hydrogen) atoms. The number of halogens is 3. The Labute approximate surface area is 146 Å². The van der Waals surface area contributed by atoms with E-state index in [0.717, 1.165) is 17.7 Å². The number of benzene rings is 2. The molecule has 1 amide bonds. The van der Waals surface area contributed by atoms with Gasteiger partial charge in [0.25, 0.3) is 0 Å². The molecule has 3 aromatic rings. The molecule has 0 fully saturated rings. The first-order valence-corrected chi connectivity index (χ1v) is 7.77. The number of rotatable bonds is 5. The zero-order chi connectivity index (χ0) is 18.6. The minimum Gasteiger partial charge on any atom is -0.347 e. The van der Waals surface area contributed by atoms with E-state index in [4.69, 9.17) is 4.52 Å². The molecule has 0 aliphatic carbocycles. The molecule has 0 unspecified atom stereocenters. The number of alkyl halides is 3. The zero-order valence-corrected chi connectivity index (χ0v) is 13.5. The van der Waals surface area contributed by atoms with Crippen molar-refractivity contribution in [3.8, 4) is 11.4 Å². The predicted molar refractivity (Wildman–Crippen MR) is 87.2 cm³/mol. The summed E-state index contributed by atoms with van der Waals surface area (Å²) < 4.78 is 42.6. The molecule has 0 aliphatic rings. The van der Waals surface area contributed by atoms with Gasteiger partial charge in [0.2, 0.25) is 5.82 Å². The molecule has 3 rings (SSSR count). The van der Waals surface area contributed by atoms with Crippen molar-refractivity contribution in [2.45, 2.75) is 12.6 Å². The second-order valence-corrected chi connectivity index (χ2v) is 5.49. The van der Waals surface area contributed by atoms with Gasteiger partial charge in [-0.1, -0.05) is 47.6 Å². The van der Waals surface area contributed by atoms with Crippen LogP contribution in [0.1, 0.15) is 21.8 Å². The molecule has 1 heterocycles. The lowest BCUT2D eigenvalue weighted by Crippen LogP contribution is -2.25. The summed E-state index contributed by atoms with van der Waals surface area (Å²) in [6, 6.07) is 13.9. The van der Waals surface area contributed by atoms with Crippen LogP contribution < -0.4 is 5.32 Å². The molecule has 1 aromatic heterocycles. The number of hydrogen-bond donors (Lipinski definition) is 1. The first kappa shape index (κ1) is 17.7. The monoisotopic (exact) mass is 361 g/mol. The van der Waals surface area contributed by atoms with Crippen LogP contribution in [0.25, 0.3) is 11.4 Å². The highest BCUT2D eigenvalue weighted by molar-refractivity contribution is 5.89. The number of nitrogens with zero attached hydrogens (tertiary/aromatic N) is 2. The summed E-state index contributed by atoms with van der Waals surface area (Å²) >= 11 is 0. The Balaban J connectivity index is 1.61. The SMILES string of the molecule is O=C(NCCc1ccccc1)c1nc(-c2ccc(C(F)(F)F)cc2)no1. The lowest BCUT2D eigenvalue weighted by atomic mass is 10.1. The van der Waals surface area contributed by atoms with Crippen molar-refractivity contribution in [3.63, 3.8) is 0 Å². The van der Waals surface area contributed by atoms with Crippen LogP contribution in [0.3, 0.4) is 0 Å². The molecule has 2 aromatic carbocycles. The summed E-state index contributed by atoms with van der Waals surface area (Å²) in [5.41, 5.74) is 0.623. The van der Waals surface area contributed by atoms with Crippen molar-refractivity contribution >= 4 is 5.91 Å². The van der Waals surface area contributed by atoms with Crippen molar-refractivity contribution in [3.05, 3.63) is 71.6 Å². The highest BCUT2D eigenvalue weighted by Crippen LogP contribution is 2.30. The summed E-state index contributed by atoms with van der Waals surface area (Å²) in [5.74, 6) is -0.730. The van der Waals surface area contributed by atoms with Crippen molar-refractivity contribution in [2.24, 2.45) is 0 Å². The van der Waals surface area contributed by atoms with Crippen LogP contribution in [0.15, 0.2) is 59.1 Å². The van der Waals surface area contributed by atoms with Gasteiger partial charge in [-0.2, -0.15) is 18.2 Å². The number of carbonyl (C=O) groups is 1. The highest BCUT2D eigenvalue weighted by Gasteiger charge is 2.30. The third-order valence-corrected chi connectivity index (χ3v) is 3.63.